The van der Waals surface area contributed by atoms with Crippen LogP contribution in [-0.4, -0.2) is 52.8 Å². The van der Waals surface area contributed by atoms with E-state index in [1.165, 1.54) is 19.6 Å². The average Bonchev–Trinajstić information content (AvgIpc) is 2.68. The lowest BCUT2D eigenvalue weighted by Crippen LogP contribution is -2.68. The molecule has 0 aromatic rings. The molecule has 0 bridgehead atoms. The number of hydrogen-bond donors (Lipinski definition) is 0. The van der Waals surface area contributed by atoms with Gasteiger partial charge in [-0.2, -0.15) is 39.5 Å². The molecule has 0 saturated carbocycles. The number of allylic oxidation sites excluding steroid dienone is 2. The van der Waals surface area contributed by atoms with Gasteiger partial charge in [-0.05, 0) is 63.6 Å². The Balaban J connectivity index is 2.51. The normalized spacial score (nSPS) is 37.0. The van der Waals surface area contributed by atoms with Crippen LogP contribution in [0.25, 0.3) is 0 Å². The van der Waals surface area contributed by atoms with E-state index in [1.54, 1.807) is 6.55 Å². The average molecular weight is 609 g/mol. The second-order valence-corrected chi connectivity index (χ2v) is 24.6. The van der Waals surface area contributed by atoms with Gasteiger partial charge in [0.05, 0.1) is 0 Å². The number of hydrogen-bond acceptors (Lipinski definition) is 4. The van der Waals surface area contributed by atoms with Gasteiger partial charge in [-0.25, -0.2) is 0 Å². The van der Waals surface area contributed by atoms with Crippen LogP contribution in [0, 0.1) is 0 Å². The summed E-state index contributed by atoms with van der Waals surface area (Å²) in [5.41, 5.74) is -0.272. The number of alkyl halides is 9. The zero-order valence-corrected chi connectivity index (χ0v) is 24.6. The summed E-state index contributed by atoms with van der Waals surface area (Å²) < 4.78 is 143. The van der Waals surface area contributed by atoms with Gasteiger partial charge in [0.2, 0.25) is 0 Å². The summed E-state index contributed by atoms with van der Waals surface area (Å²) in [7, 11) is -15.2. The molecule has 1 heterocycles. The molecule has 17 heteroatoms. The summed E-state index contributed by atoms with van der Waals surface area (Å²) in [5, 5.41) is 0. The Morgan fingerprint density at radius 1 is 0.611 bits per heavy atom. The zero-order valence-electron chi connectivity index (χ0n) is 20.6. The van der Waals surface area contributed by atoms with Crippen LogP contribution in [0.1, 0.15) is 38.5 Å². The van der Waals surface area contributed by atoms with Gasteiger partial charge in [-0.3, -0.25) is 0 Å². The van der Waals surface area contributed by atoms with Crippen LogP contribution in [0.5, 0.6) is 0 Å². The molecule has 2 rings (SSSR count). The monoisotopic (exact) mass is 608 g/mol. The van der Waals surface area contributed by atoms with Crippen molar-refractivity contribution in [3.63, 3.8) is 0 Å². The molecule has 0 spiro atoms. The predicted octanol–water partition coefficient (Wildman–Crippen LogP) is 8.32. The van der Waals surface area contributed by atoms with Crippen molar-refractivity contribution in [2.75, 3.05) is 0 Å². The summed E-state index contributed by atoms with van der Waals surface area (Å²) in [6.45, 7) is 5.61. The molecule has 4 nitrogen and oxygen atoms in total. The summed E-state index contributed by atoms with van der Waals surface area (Å²) in [4.78, 5) is 0. The van der Waals surface area contributed by atoms with Gasteiger partial charge >= 0.3 is 52.8 Å². The minimum atomic E-state index is -4.61. The first-order valence-corrected chi connectivity index (χ1v) is 21.7. The van der Waals surface area contributed by atoms with Crippen molar-refractivity contribution in [1.29, 1.82) is 0 Å². The third kappa shape index (κ3) is 10.5. The zero-order chi connectivity index (χ0) is 27.7. The molecule has 0 N–H and O–H groups in total. The van der Waals surface area contributed by atoms with Crippen LogP contribution in [0.2, 0.25) is 49.9 Å². The highest BCUT2D eigenvalue weighted by molar-refractivity contribution is 6.94. The number of rotatable bonds is 7. The highest BCUT2D eigenvalue weighted by Gasteiger charge is 2.60. The van der Waals surface area contributed by atoms with E-state index in [1.807, 2.05) is 12.2 Å². The third-order valence-electron chi connectivity index (χ3n) is 6.30. The second kappa shape index (κ2) is 11.1. The van der Waals surface area contributed by atoms with Gasteiger partial charge in [0.15, 0.2) is 0 Å². The first-order chi connectivity index (χ1) is 16.1. The van der Waals surface area contributed by atoms with E-state index in [4.69, 9.17) is 16.5 Å². The maximum absolute atomic E-state index is 13.2. The van der Waals surface area contributed by atoms with Crippen LogP contribution in [0.15, 0.2) is 12.2 Å². The van der Waals surface area contributed by atoms with Crippen LogP contribution >= 0.6 is 0 Å². The van der Waals surface area contributed by atoms with Crippen molar-refractivity contribution < 1.29 is 56.0 Å². The maximum Gasteiger partial charge on any atom is 0.389 e. The van der Waals surface area contributed by atoms with Gasteiger partial charge in [0.25, 0.3) is 0 Å². The molecular weight excluding hydrogens is 576 g/mol. The lowest BCUT2D eigenvalue weighted by Gasteiger charge is -2.52. The first kappa shape index (κ1) is 32.0. The van der Waals surface area contributed by atoms with Crippen molar-refractivity contribution in [1.82, 2.24) is 0 Å². The van der Waals surface area contributed by atoms with Crippen LogP contribution in [-0.2, 0) is 16.5 Å². The molecule has 3 unspecified atom stereocenters. The molecule has 2 aliphatic rings. The van der Waals surface area contributed by atoms with Crippen molar-refractivity contribution in [2.45, 2.75) is 107 Å². The fourth-order valence-electron chi connectivity index (χ4n) is 4.70. The van der Waals surface area contributed by atoms with E-state index in [0.717, 1.165) is 0 Å². The summed E-state index contributed by atoms with van der Waals surface area (Å²) >= 11 is 0. The van der Waals surface area contributed by atoms with Crippen LogP contribution < -0.4 is 0 Å². The topological polar surface area (TPSA) is 36.9 Å². The Morgan fingerprint density at radius 3 is 1.28 bits per heavy atom. The summed E-state index contributed by atoms with van der Waals surface area (Å²) in [5.74, 6) is 0. The highest BCUT2D eigenvalue weighted by Crippen LogP contribution is 2.46. The van der Waals surface area contributed by atoms with E-state index >= 15 is 0 Å². The van der Waals surface area contributed by atoms with Crippen molar-refractivity contribution in [2.24, 2.45) is 0 Å². The summed E-state index contributed by atoms with van der Waals surface area (Å²) in [6, 6.07) is -1.84. The Hall–Kier alpha value is -0.182. The van der Waals surface area contributed by atoms with E-state index in [0.29, 0.717) is 19.3 Å². The predicted molar refractivity (Wildman–Crippen MR) is 124 cm³/mol. The molecule has 3 atom stereocenters. The van der Waals surface area contributed by atoms with Gasteiger partial charge in [0.1, 0.15) is 0 Å². The van der Waals surface area contributed by atoms with Crippen LogP contribution in [0.3, 0.4) is 0 Å². The molecule has 0 amide bonds. The standard InChI is InChI=1S/C19H33F9O4Si4/c1-33(13-10-17(20,21)22)29-34(2,14-11-18(23,24)25)31-36(4,16-8-6-5-7-9-16)32-35(3,30-33)15-12-19(26,27)28/h5-6,16H,7-15H2,1-4H3. The minimum absolute atomic E-state index is 0.272. The second-order valence-electron chi connectivity index (χ2n) is 10.2. The SMILES string of the molecule is C[Si]1(CCC(F)(F)F)O[Si](C)(CCC(F)(F)F)O[Si](C)(C2CC=CCC2)O[Si](C)(CCC(F)(F)F)O1. The molecule has 0 aromatic carbocycles. The molecule has 0 aromatic heterocycles. The van der Waals surface area contributed by atoms with Gasteiger partial charge in [-0.15, -0.1) is 0 Å². The molecule has 1 saturated heterocycles. The van der Waals surface area contributed by atoms with Gasteiger partial charge in [-0.1, -0.05) is 12.2 Å². The minimum Gasteiger partial charge on any atom is -0.416 e. The molecular formula is C19H33F9O4Si4. The van der Waals surface area contributed by atoms with Crippen molar-refractivity contribution in [3.05, 3.63) is 12.2 Å². The van der Waals surface area contributed by atoms with Gasteiger partial charge < -0.3 is 16.5 Å². The molecule has 212 valence electrons. The van der Waals surface area contributed by atoms with Crippen LogP contribution in [0.4, 0.5) is 39.5 Å². The fraction of sp³-hybridized carbons (Fsp3) is 0.895. The molecule has 1 aliphatic heterocycles. The van der Waals surface area contributed by atoms with E-state index in [9.17, 15) is 39.5 Å². The largest absolute Gasteiger partial charge is 0.416 e. The Labute approximate surface area is 209 Å². The van der Waals surface area contributed by atoms with E-state index in [-0.39, 0.29) is 5.54 Å². The summed E-state index contributed by atoms with van der Waals surface area (Å²) in [6.07, 6.45) is -12.1. The third-order valence-corrected chi connectivity index (χ3v) is 25.4. The molecule has 1 fully saturated rings. The molecule has 36 heavy (non-hydrogen) atoms. The van der Waals surface area contributed by atoms with Gasteiger partial charge in [0, 0.05) is 24.8 Å². The first-order valence-electron chi connectivity index (χ1n) is 11.7. The quantitative estimate of drug-likeness (QED) is 0.166. The number of halogens is 9. The van der Waals surface area contributed by atoms with Crippen molar-refractivity contribution in [3.8, 4) is 0 Å². The highest BCUT2D eigenvalue weighted by atomic mass is 28.5. The lowest BCUT2D eigenvalue weighted by atomic mass is 10.1. The smallest absolute Gasteiger partial charge is 0.389 e. The Bertz CT molecular complexity index is 741. The Kier molecular flexibility index (Phi) is 9.90. The fourth-order valence-corrected chi connectivity index (χ4v) is 28.3. The van der Waals surface area contributed by atoms with Crippen molar-refractivity contribution >= 4 is 34.2 Å². The van der Waals surface area contributed by atoms with E-state index in [2.05, 4.69) is 0 Å². The molecule has 1 aliphatic carbocycles. The molecule has 0 radical (unpaired) electrons. The van der Waals surface area contributed by atoms with E-state index < -0.39 is 90.2 Å². The lowest BCUT2D eigenvalue weighted by molar-refractivity contribution is -0.132. The Morgan fingerprint density at radius 2 is 0.972 bits per heavy atom. The maximum atomic E-state index is 13.2.